The van der Waals surface area contributed by atoms with E-state index < -0.39 is 16.6 Å². The third kappa shape index (κ3) is 9.64. The van der Waals surface area contributed by atoms with E-state index in [1.165, 1.54) is 5.56 Å². The standard InChI is InChI=1S/C35H60O4Si2/c1-34(2,3)40(7,8)38-28(23-22-27-18-14-13-15-19-27)24-25-30-29-20-16-11-12-17-21-33(36)37-31(29)26-32(30)39-41(9,10)35(4,5)6/h11,13-16,18-19,28-32H,12,17,20-26H2,1-10H3/b16-11-/t28-,29+,30+,31-,32+/m0/s1. The molecule has 41 heavy (non-hydrogen) atoms. The van der Waals surface area contributed by atoms with E-state index in [0.717, 1.165) is 51.4 Å². The Balaban J connectivity index is 1.86. The molecule has 2 aliphatic rings. The molecule has 0 spiro atoms. The molecule has 1 aromatic rings. The molecule has 1 aliphatic heterocycles. The number of fused-ring (bicyclic) bond motifs is 1. The van der Waals surface area contributed by atoms with Gasteiger partial charge in [0.1, 0.15) is 6.10 Å². The van der Waals surface area contributed by atoms with Crippen molar-refractivity contribution in [3.8, 4) is 0 Å². The van der Waals surface area contributed by atoms with Crippen LogP contribution in [-0.2, 0) is 24.8 Å². The maximum absolute atomic E-state index is 12.7. The molecule has 1 aromatic carbocycles. The van der Waals surface area contributed by atoms with Gasteiger partial charge in [0.05, 0.1) is 6.10 Å². The van der Waals surface area contributed by atoms with Gasteiger partial charge in [0, 0.05) is 24.9 Å². The van der Waals surface area contributed by atoms with Gasteiger partial charge in [-0.25, -0.2) is 0 Å². The Labute approximate surface area is 254 Å². The molecule has 0 amide bonds. The lowest BCUT2D eigenvalue weighted by atomic mass is 9.85. The Bertz CT molecular complexity index is 990. The van der Waals surface area contributed by atoms with Crippen LogP contribution in [0.5, 0.6) is 0 Å². The van der Waals surface area contributed by atoms with Crippen LogP contribution in [0.3, 0.4) is 0 Å². The van der Waals surface area contributed by atoms with E-state index in [4.69, 9.17) is 13.6 Å². The van der Waals surface area contributed by atoms with Crippen LogP contribution >= 0.6 is 0 Å². The third-order valence-corrected chi connectivity index (χ3v) is 19.6. The number of hydrogen-bond donors (Lipinski definition) is 0. The molecule has 0 saturated heterocycles. The summed E-state index contributed by atoms with van der Waals surface area (Å²) in [5.41, 5.74) is 1.38. The fourth-order valence-electron chi connectivity index (χ4n) is 5.85. The van der Waals surface area contributed by atoms with Crippen molar-refractivity contribution in [2.75, 3.05) is 0 Å². The number of benzene rings is 1. The third-order valence-electron chi connectivity index (χ3n) is 10.5. The highest BCUT2D eigenvalue weighted by Gasteiger charge is 2.49. The van der Waals surface area contributed by atoms with E-state index in [0.29, 0.717) is 18.3 Å². The number of allylic oxidation sites excluding steroid dienone is 2. The van der Waals surface area contributed by atoms with Crippen molar-refractivity contribution in [3.63, 3.8) is 0 Å². The first-order chi connectivity index (χ1) is 19.0. The molecule has 1 aliphatic carbocycles. The molecular formula is C35H60O4Si2. The van der Waals surface area contributed by atoms with Crippen LogP contribution in [0.4, 0.5) is 0 Å². The molecule has 232 valence electrons. The number of carbonyl (C=O) groups is 1. The van der Waals surface area contributed by atoms with Crippen LogP contribution in [-0.4, -0.2) is 40.9 Å². The zero-order chi connectivity index (χ0) is 30.5. The number of carbonyl (C=O) groups excluding carboxylic acids is 1. The highest BCUT2D eigenvalue weighted by Crippen LogP contribution is 2.47. The number of esters is 1. The topological polar surface area (TPSA) is 44.8 Å². The quantitative estimate of drug-likeness (QED) is 0.152. The number of rotatable bonds is 10. The van der Waals surface area contributed by atoms with Gasteiger partial charge in [0.2, 0.25) is 0 Å². The van der Waals surface area contributed by atoms with E-state index in [-0.39, 0.29) is 34.4 Å². The van der Waals surface area contributed by atoms with Crippen molar-refractivity contribution in [2.45, 2.75) is 154 Å². The molecule has 0 bridgehead atoms. The normalized spacial score (nSPS) is 26.2. The number of aryl methyl sites for hydroxylation is 1. The minimum Gasteiger partial charge on any atom is -0.462 e. The molecular weight excluding hydrogens is 541 g/mol. The summed E-state index contributed by atoms with van der Waals surface area (Å²) >= 11 is 0. The van der Waals surface area contributed by atoms with Gasteiger partial charge < -0.3 is 13.6 Å². The Morgan fingerprint density at radius 2 is 1.59 bits per heavy atom. The van der Waals surface area contributed by atoms with Crippen LogP contribution in [0.25, 0.3) is 0 Å². The molecule has 1 fully saturated rings. The predicted octanol–water partition coefficient (Wildman–Crippen LogP) is 9.86. The van der Waals surface area contributed by atoms with E-state index >= 15 is 0 Å². The summed E-state index contributed by atoms with van der Waals surface area (Å²) in [6.07, 6.45) is 13.1. The molecule has 1 heterocycles. The van der Waals surface area contributed by atoms with Gasteiger partial charge in [-0.1, -0.05) is 84.0 Å². The van der Waals surface area contributed by atoms with E-state index in [9.17, 15) is 4.79 Å². The predicted molar refractivity (Wildman–Crippen MR) is 177 cm³/mol. The summed E-state index contributed by atoms with van der Waals surface area (Å²) < 4.78 is 20.5. The zero-order valence-corrected chi connectivity index (χ0v) is 29.9. The Morgan fingerprint density at radius 1 is 0.927 bits per heavy atom. The maximum atomic E-state index is 12.7. The van der Waals surface area contributed by atoms with E-state index in [1.54, 1.807) is 0 Å². The molecule has 3 rings (SSSR count). The summed E-state index contributed by atoms with van der Waals surface area (Å²) in [7, 11) is -3.94. The first-order valence-corrected chi connectivity index (χ1v) is 22.1. The molecule has 1 saturated carbocycles. The maximum Gasteiger partial charge on any atom is 0.306 e. The first kappa shape index (κ1) is 34.3. The fraction of sp³-hybridized carbons (Fsp3) is 0.743. The van der Waals surface area contributed by atoms with Crippen molar-refractivity contribution >= 4 is 22.6 Å². The first-order valence-electron chi connectivity index (χ1n) is 16.2. The molecule has 4 nitrogen and oxygen atoms in total. The number of hydrogen-bond acceptors (Lipinski definition) is 4. The summed E-state index contributed by atoms with van der Waals surface area (Å²) in [5, 5.41) is 0.300. The Hall–Kier alpha value is -1.22. The van der Waals surface area contributed by atoms with Gasteiger partial charge in [0.25, 0.3) is 0 Å². The molecule has 0 unspecified atom stereocenters. The molecule has 5 atom stereocenters. The average molecular weight is 601 g/mol. The lowest BCUT2D eigenvalue weighted by Crippen LogP contribution is -2.45. The zero-order valence-electron chi connectivity index (χ0n) is 27.9. The fourth-order valence-corrected chi connectivity index (χ4v) is 8.66. The summed E-state index contributed by atoms with van der Waals surface area (Å²) in [4.78, 5) is 12.7. The van der Waals surface area contributed by atoms with Crippen LogP contribution in [0.1, 0.15) is 98.5 Å². The lowest BCUT2D eigenvalue weighted by molar-refractivity contribution is -0.151. The second kappa shape index (κ2) is 14.0. The van der Waals surface area contributed by atoms with Gasteiger partial charge in [-0.3, -0.25) is 4.79 Å². The van der Waals surface area contributed by atoms with Crippen molar-refractivity contribution in [1.82, 2.24) is 0 Å². The molecule has 0 N–H and O–H groups in total. The largest absolute Gasteiger partial charge is 0.462 e. The average Bonchev–Trinajstić information content (AvgIpc) is 3.16. The second-order valence-electron chi connectivity index (χ2n) is 15.7. The van der Waals surface area contributed by atoms with Gasteiger partial charge in [-0.15, -0.1) is 0 Å². The van der Waals surface area contributed by atoms with E-state index in [1.807, 2.05) is 0 Å². The van der Waals surface area contributed by atoms with Gasteiger partial charge >= 0.3 is 5.97 Å². The van der Waals surface area contributed by atoms with Gasteiger partial charge in [-0.05, 0) is 92.7 Å². The van der Waals surface area contributed by atoms with Crippen molar-refractivity contribution in [1.29, 1.82) is 0 Å². The van der Waals surface area contributed by atoms with Crippen LogP contribution in [0.2, 0.25) is 36.3 Å². The minimum absolute atomic E-state index is 0.0379. The highest BCUT2D eigenvalue weighted by atomic mass is 28.4. The smallest absolute Gasteiger partial charge is 0.306 e. The number of ether oxygens (including phenoxy) is 1. The summed E-state index contributed by atoms with van der Waals surface area (Å²) in [6.45, 7) is 23.4. The van der Waals surface area contributed by atoms with E-state index in [2.05, 4.69) is 110 Å². The highest BCUT2D eigenvalue weighted by molar-refractivity contribution is 6.74. The van der Waals surface area contributed by atoms with Crippen LogP contribution < -0.4 is 0 Å². The van der Waals surface area contributed by atoms with Crippen molar-refractivity contribution in [3.05, 3.63) is 48.0 Å². The Morgan fingerprint density at radius 3 is 2.22 bits per heavy atom. The molecule has 0 aromatic heterocycles. The van der Waals surface area contributed by atoms with Gasteiger partial charge in [0.15, 0.2) is 16.6 Å². The van der Waals surface area contributed by atoms with Gasteiger partial charge in [-0.2, -0.15) is 0 Å². The minimum atomic E-state index is -2.00. The molecule has 0 radical (unpaired) electrons. The monoisotopic (exact) mass is 600 g/mol. The molecule has 6 heteroatoms. The summed E-state index contributed by atoms with van der Waals surface area (Å²) in [6, 6.07) is 10.8. The van der Waals surface area contributed by atoms with Crippen molar-refractivity contribution in [2.24, 2.45) is 11.8 Å². The Kier molecular flexibility index (Phi) is 11.7. The SMILES string of the molecule is CC(C)(C)[Si](C)(C)O[C@@H](CCc1ccccc1)CC[C@@H]1[C@H]2C/C=C\CCCC(=O)O[C@H]2C[C@H]1O[Si](C)(C)C(C)(C)C. The second-order valence-corrected chi connectivity index (χ2v) is 25.2. The summed E-state index contributed by atoms with van der Waals surface area (Å²) in [5.74, 6) is 0.614. The van der Waals surface area contributed by atoms with Crippen molar-refractivity contribution < 1.29 is 18.4 Å². The van der Waals surface area contributed by atoms with Crippen LogP contribution in [0, 0.1) is 11.8 Å². The lowest BCUT2D eigenvalue weighted by Gasteiger charge is -2.41. The van der Waals surface area contributed by atoms with Crippen LogP contribution in [0.15, 0.2) is 42.5 Å².